The fraction of sp³-hybridized carbons (Fsp3) is 0.579. The van der Waals surface area contributed by atoms with E-state index in [4.69, 9.17) is 11.6 Å². The van der Waals surface area contributed by atoms with Crippen molar-refractivity contribution in [2.45, 2.75) is 25.7 Å². The second kappa shape index (κ2) is 8.68. The smallest absolute Gasteiger partial charge is 0.236 e. The lowest BCUT2D eigenvalue weighted by molar-refractivity contribution is -0.134. The Bertz CT molecular complexity index is 608. The van der Waals surface area contributed by atoms with Crippen molar-refractivity contribution in [3.05, 3.63) is 34.9 Å². The second-order valence-corrected chi connectivity index (χ2v) is 7.31. The molecule has 5 nitrogen and oxygen atoms in total. The van der Waals surface area contributed by atoms with E-state index < -0.39 is 0 Å². The van der Waals surface area contributed by atoms with Gasteiger partial charge in [-0.15, -0.1) is 0 Å². The van der Waals surface area contributed by atoms with E-state index in [1.54, 1.807) is 0 Å². The predicted octanol–water partition coefficient (Wildman–Crippen LogP) is 2.04. The minimum absolute atomic E-state index is 0.186. The van der Waals surface area contributed by atoms with E-state index in [9.17, 15) is 9.59 Å². The molecule has 0 N–H and O–H groups in total. The summed E-state index contributed by atoms with van der Waals surface area (Å²) in [6, 6.07) is 7.67. The van der Waals surface area contributed by atoms with Gasteiger partial charge in [0.2, 0.25) is 11.8 Å². The highest BCUT2D eigenvalue weighted by molar-refractivity contribution is 6.30. The van der Waals surface area contributed by atoms with Crippen LogP contribution in [0, 0.1) is 0 Å². The molecule has 0 spiro atoms. The van der Waals surface area contributed by atoms with Crippen molar-refractivity contribution in [1.29, 1.82) is 0 Å². The molecule has 2 amide bonds. The maximum atomic E-state index is 12.4. The molecule has 0 saturated carbocycles. The first-order chi connectivity index (χ1) is 12.1. The van der Waals surface area contributed by atoms with E-state index in [0.717, 1.165) is 44.6 Å². The fourth-order valence-electron chi connectivity index (χ4n) is 3.52. The first kappa shape index (κ1) is 18.2. The summed E-state index contributed by atoms with van der Waals surface area (Å²) in [4.78, 5) is 30.6. The quantitative estimate of drug-likeness (QED) is 0.804. The monoisotopic (exact) mass is 363 g/mol. The molecule has 3 rings (SSSR count). The summed E-state index contributed by atoms with van der Waals surface area (Å²) < 4.78 is 0. The molecule has 0 atom stereocenters. The largest absolute Gasteiger partial charge is 0.342 e. The van der Waals surface area contributed by atoms with Gasteiger partial charge in [0.25, 0.3) is 0 Å². The zero-order chi connectivity index (χ0) is 17.6. The van der Waals surface area contributed by atoms with Gasteiger partial charge in [-0.25, -0.2) is 0 Å². The van der Waals surface area contributed by atoms with Crippen molar-refractivity contribution < 1.29 is 9.59 Å². The van der Waals surface area contributed by atoms with Crippen molar-refractivity contribution >= 4 is 23.4 Å². The first-order valence-electron chi connectivity index (χ1n) is 9.14. The molecule has 1 aromatic carbocycles. The summed E-state index contributed by atoms with van der Waals surface area (Å²) in [5.41, 5.74) is 1.09. The summed E-state index contributed by atoms with van der Waals surface area (Å²) in [5, 5.41) is 0.709. The number of halogens is 1. The Balaban J connectivity index is 1.39. The van der Waals surface area contributed by atoms with Gasteiger partial charge in [0.15, 0.2) is 0 Å². The molecule has 25 heavy (non-hydrogen) atoms. The van der Waals surface area contributed by atoms with Crippen molar-refractivity contribution in [2.24, 2.45) is 0 Å². The number of rotatable bonds is 5. The van der Waals surface area contributed by atoms with Crippen LogP contribution in [0.4, 0.5) is 0 Å². The molecule has 0 aromatic heterocycles. The van der Waals surface area contributed by atoms with Gasteiger partial charge in [-0.3, -0.25) is 14.5 Å². The lowest BCUT2D eigenvalue weighted by atomic mass is 10.1. The molecule has 2 saturated heterocycles. The lowest BCUT2D eigenvalue weighted by Gasteiger charge is -2.35. The Morgan fingerprint density at radius 2 is 1.60 bits per heavy atom. The highest BCUT2D eigenvalue weighted by Gasteiger charge is 2.25. The second-order valence-electron chi connectivity index (χ2n) is 6.87. The average Bonchev–Trinajstić information content (AvgIpc) is 3.15. The average molecular weight is 364 g/mol. The third-order valence-electron chi connectivity index (χ3n) is 5.06. The lowest BCUT2D eigenvalue weighted by Crippen LogP contribution is -2.51. The Morgan fingerprint density at radius 1 is 0.920 bits per heavy atom. The molecule has 1 aromatic rings. The highest BCUT2D eigenvalue weighted by atomic mass is 35.5. The van der Waals surface area contributed by atoms with E-state index in [1.807, 2.05) is 34.1 Å². The minimum Gasteiger partial charge on any atom is -0.342 e. The number of piperazine rings is 1. The zero-order valence-corrected chi connectivity index (χ0v) is 15.4. The minimum atomic E-state index is 0.186. The number of benzene rings is 1. The number of hydrogen-bond donors (Lipinski definition) is 0. The third-order valence-corrected chi connectivity index (χ3v) is 5.29. The molecule has 0 radical (unpaired) electrons. The Kier molecular flexibility index (Phi) is 6.32. The number of carbonyl (C=O) groups is 2. The predicted molar refractivity (Wildman–Crippen MR) is 98.6 cm³/mol. The van der Waals surface area contributed by atoms with Gasteiger partial charge >= 0.3 is 0 Å². The fourth-order valence-corrected chi connectivity index (χ4v) is 3.73. The van der Waals surface area contributed by atoms with Crippen LogP contribution in [0.15, 0.2) is 24.3 Å². The van der Waals surface area contributed by atoms with Crippen LogP contribution < -0.4 is 0 Å². The van der Waals surface area contributed by atoms with Crippen LogP contribution in [0.25, 0.3) is 0 Å². The maximum Gasteiger partial charge on any atom is 0.236 e. The molecular formula is C19H26ClN3O2. The van der Waals surface area contributed by atoms with Gasteiger partial charge in [-0.2, -0.15) is 0 Å². The van der Waals surface area contributed by atoms with E-state index in [0.29, 0.717) is 37.5 Å². The molecule has 2 fully saturated rings. The van der Waals surface area contributed by atoms with Crippen molar-refractivity contribution in [3.63, 3.8) is 0 Å². The summed E-state index contributed by atoms with van der Waals surface area (Å²) in [6.45, 7) is 5.28. The molecule has 2 aliphatic rings. The van der Waals surface area contributed by atoms with Crippen molar-refractivity contribution in [3.8, 4) is 0 Å². The molecule has 6 heteroatoms. The summed E-state index contributed by atoms with van der Waals surface area (Å²) in [5.74, 6) is 0.420. The Labute approximate surface area is 154 Å². The Hall–Kier alpha value is -1.59. The van der Waals surface area contributed by atoms with Crippen LogP contribution in [0.2, 0.25) is 5.02 Å². The van der Waals surface area contributed by atoms with Crippen molar-refractivity contribution in [1.82, 2.24) is 14.7 Å². The normalized spacial score (nSPS) is 18.6. The van der Waals surface area contributed by atoms with Crippen LogP contribution in [-0.2, 0) is 16.0 Å². The molecule has 0 bridgehead atoms. The molecule has 2 aliphatic heterocycles. The maximum absolute atomic E-state index is 12.4. The van der Waals surface area contributed by atoms with Crippen molar-refractivity contribution in [2.75, 3.05) is 45.8 Å². The van der Waals surface area contributed by atoms with E-state index in [2.05, 4.69) is 4.90 Å². The van der Waals surface area contributed by atoms with Crippen LogP contribution in [0.3, 0.4) is 0 Å². The summed E-state index contributed by atoms with van der Waals surface area (Å²) >= 11 is 5.98. The molecule has 0 aliphatic carbocycles. The number of nitrogens with zero attached hydrogens (tertiary/aromatic N) is 3. The SMILES string of the molecule is O=C(CCc1cccc(Cl)c1)N1CCN(CC(=O)N2CCCC2)CC1. The molecule has 136 valence electrons. The Morgan fingerprint density at radius 3 is 2.28 bits per heavy atom. The van der Waals surface area contributed by atoms with E-state index >= 15 is 0 Å². The topological polar surface area (TPSA) is 43.9 Å². The molecule has 2 heterocycles. The van der Waals surface area contributed by atoms with Gasteiger partial charge < -0.3 is 9.80 Å². The summed E-state index contributed by atoms with van der Waals surface area (Å²) in [6.07, 6.45) is 3.47. The van der Waals surface area contributed by atoms with Crippen LogP contribution in [-0.4, -0.2) is 72.3 Å². The standard InChI is InChI=1S/C19H26ClN3O2/c20-17-5-3-4-16(14-17)6-7-18(24)23-12-10-21(11-13-23)15-19(25)22-8-1-2-9-22/h3-5,14H,1-2,6-13,15H2. The highest BCUT2D eigenvalue weighted by Crippen LogP contribution is 2.14. The van der Waals surface area contributed by atoms with Crippen LogP contribution in [0.1, 0.15) is 24.8 Å². The van der Waals surface area contributed by atoms with E-state index in [-0.39, 0.29) is 11.8 Å². The van der Waals surface area contributed by atoms with E-state index in [1.165, 1.54) is 0 Å². The number of likely N-dealkylation sites (tertiary alicyclic amines) is 1. The van der Waals surface area contributed by atoms with Crippen LogP contribution in [0.5, 0.6) is 0 Å². The van der Waals surface area contributed by atoms with Crippen LogP contribution >= 0.6 is 11.6 Å². The molecular weight excluding hydrogens is 338 g/mol. The van der Waals surface area contributed by atoms with Gasteiger partial charge in [-0.1, -0.05) is 23.7 Å². The molecule has 0 unspecified atom stereocenters. The zero-order valence-electron chi connectivity index (χ0n) is 14.6. The summed E-state index contributed by atoms with van der Waals surface area (Å²) in [7, 11) is 0. The van der Waals surface area contributed by atoms with Gasteiger partial charge in [0, 0.05) is 50.7 Å². The van der Waals surface area contributed by atoms with Gasteiger partial charge in [-0.05, 0) is 37.0 Å². The first-order valence-corrected chi connectivity index (χ1v) is 9.52. The number of carbonyl (C=O) groups excluding carboxylic acids is 2. The third kappa shape index (κ3) is 5.19. The number of amides is 2. The van der Waals surface area contributed by atoms with Gasteiger partial charge in [0.1, 0.15) is 0 Å². The number of hydrogen-bond acceptors (Lipinski definition) is 3. The number of aryl methyl sites for hydroxylation is 1. The van der Waals surface area contributed by atoms with Gasteiger partial charge in [0.05, 0.1) is 6.54 Å².